The molecule has 4 atom stereocenters. The van der Waals surface area contributed by atoms with E-state index >= 15 is 8.78 Å². The highest BCUT2D eigenvalue weighted by molar-refractivity contribution is 5.78. The summed E-state index contributed by atoms with van der Waals surface area (Å²) >= 11 is 0. The Morgan fingerprint density at radius 1 is 0.767 bits per heavy atom. The quantitative estimate of drug-likeness (QED) is 0.506. The monoisotopic (exact) mass is 410 g/mol. The molecule has 1 fully saturated rings. The van der Waals surface area contributed by atoms with E-state index in [4.69, 9.17) is 0 Å². The smallest absolute Gasteiger partial charge is 0.313 e. The lowest BCUT2D eigenvalue weighted by molar-refractivity contribution is 0.101. The van der Waals surface area contributed by atoms with Crippen LogP contribution in [0.2, 0.25) is 0 Å². The Labute approximate surface area is 177 Å². The summed E-state index contributed by atoms with van der Waals surface area (Å²) in [5.41, 5.74) is 1.63. The van der Waals surface area contributed by atoms with Gasteiger partial charge in [0, 0.05) is 25.9 Å². The van der Waals surface area contributed by atoms with Crippen molar-refractivity contribution in [3.63, 3.8) is 0 Å². The Hall–Kier alpha value is -2.95. The van der Waals surface area contributed by atoms with Gasteiger partial charge in [0.05, 0.1) is 12.1 Å². The van der Waals surface area contributed by atoms with Crippen LogP contribution in [0.4, 0.5) is 13.6 Å². The van der Waals surface area contributed by atoms with E-state index in [0.29, 0.717) is 0 Å². The van der Waals surface area contributed by atoms with Gasteiger partial charge in [-0.3, -0.25) is 0 Å². The molecule has 5 heteroatoms. The lowest BCUT2D eigenvalue weighted by Gasteiger charge is -2.32. The van der Waals surface area contributed by atoms with Crippen molar-refractivity contribution in [3.05, 3.63) is 97.1 Å². The fourth-order valence-electron chi connectivity index (χ4n) is 4.20. The Morgan fingerprint density at radius 3 is 1.47 bits per heavy atom. The predicted octanol–water partition coefficient (Wildman–Crippen LogP) is 4.99. The fourth-order valence-corrected chi connectivity index (χ4v) is 4.20. The molecule has 3 nitrogen and oxygen atoms in total. The molecule has 1 heterocycles. The molecule has 30 heavy (non-hydrogen) atoms. The van der Waals surface area contributed by atoms with Crippen LogP contribution in [-0.2, 0) is 12.8 Å². The average molecular weight is 411 g/mol. The molecule has 2 aromatic rings. The molecule has 0 spiro atoms. The largest absolute Gasteiger partial charge is 0.321 e. The number of halogens is 2. The van der Waals surface area contributed by atoms with Gasteiger partial charge >= 0.3 is 6.03 Å². The number of carbonyl (C=O) groups excluding carboxylic acids is 1. The standard InChI is InChI=1S/C25H28F2N2O/c1-3-15-28-23(21(26)17-19-11-7-5-8-12-19)24(29(16-4-2)25(28)30)22(27)18-20-13-9-6-10-14-20/h3-14,21-24H,1-2,15-18H2/t21-,22-,23-,24-/m1/s1. The maximum absolute atomic E-state index is 15.7. The summed E-state index contributed by atoms with van der Waals surface area (Å²) in [5.74, 6) is 0. The first-order valence-corrected chi connectivity index (χ1v) is 10.2. The third-order valence-electron chi connectivity index (χ3n) is 5.50. The predicted molar refractivity (Wildman–Crippen MR) is 117 cm³/mol. The first-order chi connectivity index (χ1) is 14.6. The van der Waals surface area contributed by atoms with Crippen molar-refractivity contribution < 1.29 is 13.6 Å². The Kier molecular flexibility index (Phi) is 7.39. The zero-order chi connectivity index (χ0) is 21.5. The molecular weight excluding hydrogens is 382 g/mol. The maximum Gasteiger partial charge on any atom is 0.321 e. The van der Waals surface area contributed by atoms with Crippen LogP contribution in [0.25, 0.3) is 0 Å². The molecule has 2 aromatic carbocycles. The van der Waals surface area contributed by atoms with Crippen molar-refractivity contribution in [2.24, 2.45) is 0 Å². The number of alkyl halides is 2. The molecule has 0 radical (unpaired) electrons. The second-order valence-electron chi connectivity index (χ2n) is 7.56. The third-order valence-corrected chi connectivity index (χ3v) is 5.50. The normalized spacial score (nSPS) is 20.8. The lowest BCUT2D eigenvalue weighted by Crippen LogP contribution is -2.50. The van der Waals surface area contributed by atoms with Gasteiger partial charge in [-0.1, -0.05) is 72.8 Å². The molecule has 3 rings (SSSR count). The van der Waals surface area contributed by atoms with E-state index < -0.39 is 24.4 Å². The number of hydrogen-bond acceptors (Lipinski definition) is 1. The molecule has 1 saturated heterocycles. The van der Waals surface area contributed by atoms with E-state index in [1.165, 1.54) is 9.80 Å². The number of rotatable bonds is 10. The van der Waals surface area contributed by atoms with E-state index in [2.05, 4.69) is 13.2 Å². The van der Waals surface area contributed by atoms with Gasteiger partial charge in [0.1, 0.15) is 12.3 Å². The van der Waals surface area contributed by atoms with Crippen LogP contribution in [0.15, 0.2) is 86.0 Å². The maximum atomic E-state index is 15.7. The molecule has 0 bridgehead atoms. The molecule has 2 amide bonds. The van der Waals surface area contributed by atoms with Gasteiger partial charge in [-0.2, -0.15) is 0 Å². The number of amides is 2. The molecule has 0 aliphatic carbocycles. The average Bonchev–Trinajstić information content (AvgIpc) is 3.02. The van der Waals surface area contributed by atoms with Gasteiger partial charge in [-0.05, 0) is 11.1 Å². The molecule has 1 aliphatic heterocycles. The Balaban J connectivity index is 1.92. The zero-order valence-corrected chi connectivity index (χ0v) is 17.0. The molecule has 158 valence electrons. The van der Waals surface area contributed by atoms with Crippen molar-refractivity contribution in [2.45, 2.75) is 37.3 Å². The van der Waals surface area contributed by atoms with Gasteiger partial charge < -0.3 is 9.80 Å². The van der Waals surface area contributed by atoms with Gasteiger partial charge in [0.15, 0.2) is 0 Å². The van der Waals surface area contributed by atoms with Crippen LogP contribution >= 0.6 is 0 Å². The zero-order valence-electron chi connectivity index (χ0n) is 17.0. The molecular formula is C25H28F2N2O. The topological polar surface area (TPSA) is 23.6 Å². The lowest BCUT2D eigenvalue weighted by atomic mass is 9.91. The highest BCUT2D eigenvalue weighted by Crippen LogP contribution is 2.33. The summed E-state index contributed by atoms with van der Waals surface area (Å²) in [6.45, 7) is 7.73. The van der Waals surface area contributed by atoms with Crippen molar-refractivity contribution in [2.75, 3.05) is 13.1 Å². The van der Waals surface area contributed by atoms with Crippen LogP contribution in [-0.4, -0.2) is 53.3 Å². The van der Waals surface area contributed by atoms with Gasteiger partial charge in [-0.15, -0.1) is 13.2 Å². The van der Waals surface area contributed by atoms with Gasteiger partial charge in [0.25, 0.3) is 0 Å². The highest BCUT2D eigenvalue weighted by Gasteiger charge is 2.52. The van der Waals surface area contributed by atoms with Crippen LogP contribution < -0.4 is 0 Å². The third kappa shape index (κ3) is 4.78. The van der Waals surface area contributed by atoms with E-state index in [9.17, 15) is 4.79 Å². The van der Waals surface area contributed by atoms with Crippen LogP contribution in [0.3, 0.4) is 0 Å². The summed E-state index contributed by atoms with van der Waals surface area (Å²) in [5, 5.41) is 0. The molecule has 1 aliphatic rings. The number of carbonyl (C=O) groups is 1. The molecule has 0 saturated carbocycles. The second kappa shape index (κ2) is 10.2. The van der Waals surface area contributed by atoms with E-state index in [1.807, 2.05) is 60.7 Å². The van der Waals surface area contributed by atoms with E-state index in [0.717, 1.165) is 11.1 Å². The van der Waals surface area contributed by atoms with Crippen molar-refractivity contribution >= 4 is 6.03 Å². The number of benzene rings is 2. The van der Waals surface area contributed by atoms with Crippen molar-refractivity contribution in [1.29, 1.82) is 0 Å². The van der Waals surface area contributed by atoms with E-state index in [-0.39, 0.29) is 32.0 Å². The molecule has 0 unspecified atom stereocenters. The second-order valence-corrected chi connectivity index (χ2v) is 7.56. The summed E-state index contributed by atoms with van der Waals surface area (Å²) < 4.78 is 31.3. The SMILES string of the molecule is C=CCN1C(=O)N(CC=C)[C@H]([C@H](F)Cc2ccccc2)[C@H]1[C@H](F)Cc1ccccc1. The Morgan fingerprint density at radius 2 is 1.13 bits per heavy atom. The number of hydrogen-bond donors (Lipinski definition) is 0. The fraction of sp³-hybridized carbons (Fsp3) is 0.320. The van der Waals surface area contributed by atoms with Crippen LogP contribution in [0.1, 0.15) is 11.1 Å². The molecule has 0 aromatic heterocycles. The van der Waals surface area contributed by atoms with Crippen LogP contribution in [0.5, 0.6) is 0 Å². The number of nitrogens with zero attached hydrogens (tertiary/aromatic N) is 2. The minimum Gasteiger partial charge on any atom is -0.313 e. The summed E-state index contributed by atoms with van der Waals surface area (Å²) in [4.78, 5) is 15.9. The minimum atomic E-state index is -1.41. The number of urea groups is 1. The van der Waals surface area contributed by atoms with Crippen LogP contribution in [0, 0.1) is 0 Å². The summed E-state index contributed by atoms with van der Waals surface area (Å²) in [6.07, 6.45) is 0.513. The van der Waals surface area contributed by atoms with Crippen molar-refractivity contribution in [1.82, 2.24) is 9.80 Å². The summed E-state index contributed by atoms with van der Waals surface area (Å²) in [6, 6.07) is 16.3. The Bertz CT molecular complexity index is 773. The van der Waals surface area contributed by atoms with Crippen molar-refractivity contribution in [3.8, 4) is 0 Å². The van der Waals surface area contributed by atoms with Gasteiger partial charge in [0.2, 0.25) is 0 Å². The summed E-state index contributed by atoms with van der Waals surface area (Å²) in [7, 11) is 0. The van der Waals surface area contributed by atoms with Gasteiger partial charge in [-0.25, -0.2) is 13.6 Å². The van der Waals surface area contributed by atoms with E-state index in [1.54, 1.807) is 12.2 Å². The molecule has 0 N–H and O–H groups in total. The first-order valence-electron chi connectivity index (χ1n) is 10.2. The first kappa shape index (κ1) is 21.8. The highest BCUT2D eigenvalue weighted by atomic mass is 19.1. The minimum absolute atomic E-state index is 0.114.